The summed E-state index contributed by atoms with van der Waals surface area (Å²) in [5.41, 5.74) is 0.911. The van der Waals surface area contributed by atoms with Gasteiger partial charge in [-0.15, -0.1) is 5.10 Å². The number of nitrogens with zero attached hydrogens (tertiary/aromatic N) is 4. The molecular formula is C12H17N5OS. The summed E-state index contributed by atoms with van der Waals surface area (Å²) in [6, 6.07) is 1.92. The van der Waals surface area contributed by atoms with E-state index in [4.69, 9.17) is 4.74 Å². The highest BCUT2D eigenvalue weighted by molar-refractivity contribution is 7.99. The first-order chi connectivity index (χ1) is 9.21. The molecule has 1 N–H and O–H groups in total. The molecule has 0 unspecified atom stereocenters. The Hall–Kier alpha value is -1.47. The van der Waals surface area contributed by atoms with Crippen molar-refractivity contribution in [3.05, 3.63) is 23.4 Å². The molecule has 2 aromatic rings. The van der Waals surface area contributed by atoms with Gasteiger partial charge in [-0.2, -0.15) is 0 Å². The smallest absolute Gasteiger partial charge is 0.214 e. The summed E-state index contributed by atoms with van der Waals surface area (Å²) in [5.74, 6) is 1.59. The molecule has 0 bridgehead atoms. The standard InChI is InChI=1S/C12H17N5OS/c1-4-5-9-15-12(17-16-9)19-11-6-8(2)13-10(14-11)7-18-3/h6H,4-5,7H2,1-3H3,(H,15,16,17). The zero-order chi connectivity index (χ0) is 13.7. The summed E-state index contributed by atoms with van der Waals surface area (Å²) in [6.45, 7) is 4.45. The zero-order valence-corrected chi connectivity index (χ0v) is 12.1. The third kappa shape index (κ3) is 4.00. The van der Waals surface area contributed by atoms with Gasteiger partial charge in [0.05, 0.1) is 0 Å². The Kier molecular flexibility index (Phi) is 4.86. The first-order valence-corrected chi connectivity index (χ1v) is 6.95. The third-order valence-electron chi connectivity index (χ3n) is 2.34. The monoisotopic (exact) mass is 279 g/mol. The Bertz CT molecular complexity index is 543. The van der Waals surface area contributed by atoms with Gasteiger partial charge in [0.25, 0.3) is 0 Å². The molecule has 102 valence electrons. The van der Waals surface area contributed by atoms with Gasteiger partial charge < -0.3 is 4.74 Å². The van der Waals surface area contributed by atoms with Crippen LogP contribution < -0.4 is 0 Å². The predicted molar refractivity (Wildman–Crippen MR) is 72.0 cm³/mol. The molecule has 19 heavy (non-hydrogen) atoms. The number of aryl methyl sites for hydroxylation is 2. The van der Waals surface area contributed by atoms with E-state index in [-0.39, 0.29) is 0 Å². The fraction of sp³-hybridized carbons (Fsp3) is 0.500. The lowest BCUT2D eigenvalue weighted by atomic mass is 10.3. The molecule has 2 aromatic heterocycles. The van der Waals surface area contributed by atoms with Crippen LogP contribution in [0, 0.1) is 6.92 Å². The first-order valence-electron chi connectivity index (χ1n) is 6.14. The van der Waals surface area contributed by atoms with Gasteiger partial charge in [0.15, 0.2) is 5.82 Å². The Balaban J connectivity index is 2.12. The molecule has 0 saturated carbocycles. The maximum Gasteiger partial charge on any atom is 0.214 e. The van der Waals surface area contributed by atoms with Crippen LogP contribution in [0.2, 0.25) is 0 Å². The van der Waals surface area contributed by atoms with Crippen LogP contribution in [0.3, 0.4) is 0 Å². The van der Waals surface area contributed by atoms with Gasteiger partial charge in [0.1, 0.15) is 17.5 Å². The number of hydrogen-bond acceptors (Lipinski definition) is 6. The van der Waals surface area contributed by atoms with Crippen molar-refractivity contribution in [2.24, 2.45) is 0 Å². The molecule has 0 spiro atoms. The van der Waals surface area contributed by atoms with Gasteiger partial charge >= 0.3 is 0 Å². The van der Waals surface area contributed by atoms with E-state index in [1.165, 1.54) is 11.8 Å². The number of methoxy groups -OCH3 is 1. The zero-order valence-electron chi connectivity index (χ0n) is 11.3. The topological polar surface area (TPSA) is 76.6 Å². The van der Waals surface area contributed by atoms with Crippen LogP contribution in [0.5, 0.6) is 0 Å². The van der Waals surface area contributed by atoms with Gasteiger partial charge in [-0.3, -0.25) is 5.10 Å². The van der Waals surface area contributed by atoms with Crippen LogP contribution in [0.15, 0.2) is 16.2 Å². The highest BCUT2D eigenvalue weighted by Crippen LogP contribution is 2.23. The van der Waals surface area contributed by atoms with E-state index in [0.29, 0.717) is 17.6 Å². The number of aromatic amines is 1. The maximum absolute atomic E-state index is 5.05. The highest BCUT2D eigenvalue weighted by atomic mass is 32.2. The van der Waals surface area contributed by atoms with Crippen LogP contribution in [-0.2, 0) is 17.8 Å². The number of aromatic nitrogens is 5. The Morgan fingerprint density at radius 2 is 2.16 bits per heavy atom. The van der Waals surface area contributed by atoms with E-state index >= 15 is 0 Å². The molecule has 0 fully saturated rings. The molecule has 0 aliphatic carbocycles. The number of ether oxygens (including phenoxy) is 1. The quantitative estimate of drug-likeness (QED) is 0.816. The number of rotatable bonds is 6. The van der Waals surface area contributed by atoms with E-state index in [1.54, 1.807) is 7.11 Å². The third-order valence-corrected chi connectivity index (χ3v) is 3.13. The number of hydrogen-bond donors (Lipinski definition) is 1. The van der Waals surface area contributed by atoms with Gasteiger partial charge in [-0.05, 0) is 31.2 Å². The largest absolute Gasteiger partial charge is 0.377 e. The molecule has 6 nitrogen and oxygen atoms in total. The van der Waals surface area contributed by atoms with Gasteiger partial charge in [-0.25, -0.2) is 15.0 Å². The molecule has 0 aliphatic rings. The summed E-state index contributed by atoms with van der Waals surface area (Å²) in [6.07, 6.45) is 1.95. The number of nitrogens with one attached hydrogen (secondary N) is 1. The molecule has 0 aromatic carbocycles. The molecule has 2 heterocycles. The van der Waals surface area contributed by atoms with E-state index in [2.05, 4.69) is 32.1 Å². The van der Waals surface area contributed by atoms with Crippen molar-refractivity contribution in [2.45, 2.75) is 43.5 Å². The summed E-state index contributed by atoms with van der Waals surface area (Å²) in [5, 5.41) is 8.62. The van der Waals surface area contributed by atoms with Crippen molar-refractivity contribution in [3.8, 4) is 0 Å². The van der Waals surface area contributed by atoms with Crippen LogP contribution in [0.25, 0.3) is 0 Å². The minimum Gasteiger partial charge on any atom is -0.377 e. The van der Waals surface area contributed by atoms with Crippen molar-refractivity contribution < 1.29 is 4.74 Å². The van der Waals surface area contributed by atoms with Crippen molar-refractivity contribution in [1.29, 1.82) is 0 Å². The SMILES string of the molecule is CCCc1nc(Sc2cc(C)nc(COC)n2)n[nH]1. The van der Waals surface area contributed by atoms with E-state index in [1.807, 2.05) is 13.0 Å². The van der Waals surface area contributed by atoms with E-state index < -0.39 is 0 Å². The lowest BCUT2D eigenvalue weighted by molar-refractivity contribution is 0.177. The Labute approximate surface area is 116 Å². The molecule has 0 aliphatic heterocycles. The van der Waals surface area contributed by atoms with Gasteiger partial charge in [0.2, 0.25) is 5.16 Å². The van der Waals surface area contributed by atoms with E-state index in [0.717, 1.165) is 29.4 Å². The Morgan fingerprint density at radius 1 is 1.32 bits per heavy atom. The summed E-state index contributed by atoms with van der Waals surface area (Å²) in [7, 11) is 1.63. The van der Waals surface area contributed by atoms with Gasteiger partial charge in [0, 0.05) is 19.2 Å². The summed E-state index contributed by atoms with van der Waals surface area (Å²) >= 11 is 1.43. The minimum atomic E-state index is 0.407. The second-order valence-corrected chi connectivity index (χ2v) is 5.10. The molecule has 2 rings (SSSR count). The van der Waals surface area contributed by atoms with Crippen LogP contribution in [0.1, 0.15) is 30.7 Å². The summed E-state index contributed by atoms with van der Waals surface area (Å²) in [4.78, 5) is 13.1. The average molecular weight is 279 g/mol. The predicted octanol–water partition coefficient (Wildman–Crippen LogP) is 2.15. The fourth-order valence-electron chi connectivity index (χ4n) is 1.61. The van der Waals surface area contributed by atoms with Gasteiger partial charge in [-0.1, -0.05) is 6.92 Å². The molecule has 0 radical (unpaired) electrons. The second kappa shape index (κ2) is 6.63. The lowest BCUT2D eigenvalue weighted by Gasteiger charge is -2.03. The lowest BCUT2D eigenvalue weighted by Crippen LogP contribution is -1.99. The second-order valence-electron chi connectivity index (χ2n) is 4.11. The molecule has 0 atom stereocenters. The summed E-state index contributed by atoms with van der Waals surface area (Å²) < 4.78 is 5.05. The van der Waals surface area contributed by atoms with Crippen molar-refractivity contribution >= 4 is 11.8 Å². The average Bonchev–Trinajstić information content (AvgIpc) is 2.76. The van der Waals surface area contributed by atoms with Crippen molar-refractivity contribution in [2.75, 3.05) is 7.11 Å². The normalized spacial score (nSPS) is 10.9. The first kappa shape index (κ1) is 14.0. The minimum absolute atomic E-state index is 0.407. The highest BCUT2D eigenvalue weighted by Gasteiger charge is 2.08. The van der Waals surface area contributed by atoms with Crippen LogP contribution in [0.4, 0.5) is 0 Å². The molecule has 0 saturated heterocycles. The maximum atomic E-state index is 5.05. The van der Waals surface area contributed by atoms with Crippen LogP contribution >= 0.6 is 11.8 Å². The van der Waals surface area contributed by atoms with Crippen LogP contribution in [-0.4, -0.2) is 32.3 Å². The fourth-order valence-corrected chi connectivity index (χ4v) is 2.43. The molecule has 7 heteroatoms. The van der Waals surface area contributed by atoms with E-state index in [9.17, 15) is 0 Å². The molecule has 0 amide bonds. The Morgan fingerprint density at radius 3 is 2.89 bits per heavy atom. The van der Waals surface area contributed by atoms with Crippen molar-refractivity contribution in [3.63, 3.8) is 0 Å². The number of H-pyrrole nitrogens is 1. The molecular weight excluding hydrogens is 262 g/mol. The van der Waals surface area contributed by atoms with Crippen molar-refractivity contribution in [1.82, 2.24) is 25.1 Å².